The van der Waals surface area contributed by atoms with Gasteiger partial charge in [0.1, 0.15) is 0 Å². The summed E-state index contributed by atoms with van der Waals surface area (Å²) in [6.45, 7) is 9.55. The molecule has 1 N–H and O–H groups in total. The third kappa shape index (κ3) is 9.04. The Kier molecular flexibility index (Phi) is 10.4. The number of hydrogen-bond donors (Lipinski definition) is 1. The zero-order chi connectivity index (χ0) is 13.7. The molecule has 0 aliphatic heterocycles. The predicted octanol–water partition coefficient (Wildman–Crippen LogP) is 4.94. The van der Waals surface area contributed by atoms with E-state index >= 15 is 0 Å². The molecular formula is C17H28O. The van der Waals surface area contributed by atoms with Crippen molar-refractivity contribution >= 4 is 0 Å². The van der Waals surface area contributed by atoms with E-state index in [-0.39, 0.29) is 0 Å². The summed E-state index contributed by atoms with van der Waals surface area (Å²) in [6.07, 6.45) is 15.8. The van der Waals surface area contributed by atoms with Crippen molar-refractivity contribution in [3.8, 4) is 0 Å². The van der Waals surface area contributed by atoms with Crippen LogP contribution in [0.5, 0.6) is 0 Å². The summed E-state index contributed by atoms with van der Waals surface area (Å²) < 4.78 is 0. The standard InChI is InChI=1S/C17H28O/c1-4-7-8-9-10-11-12-13-16-17(18,14-5-2)15-6-3/h5-6,12,16,18H,2-4,7-11,14-15H2,1H3. The topological polar surface area (TPSA) is 20.2 Å². The van der Waals surface area contributed by atoms with Crippen LogP contribution in [0.1, 0.15) is 58.3 Å². The summed E-state index contributed by atoms with van der Waals surface area (Å²) >= 11 is 0. The summed E-state index contributed by atoms with van der Waals surface area (Å²) in [6, 6.07) is 0. The fourth-order valence-electron chi connectivity index (χ4n) is 1.85. The smallest absolute Gasteiger partial charge is 0.0969 e. The van der Waals surface area contributed by atoms with Gasteiger partial charge in [0.05, 0.1) is 5.60 Å². The highest BCUT2D eigenvalue weighted by Gasteiger charge is 2.19. The Labute approximate surface area is 113 Å². The van der Waals surface area contributed by atoms with Crippen molar-refractivity contribution in [2.45, 2.75) is 63.9 Å². The number of aliphatic hydroxyl groups is 1. The quantitative estimate of drug-likeness (QED) is 0.312. The van der Waals surface area contributed by atoms with Gasteiger partial charge in [0.25, 0.3) is 0 Å². The first-order valence-electron chi connectivity index (χ1n) is 7.05. The average molecular weight is 248 g/mol. The molecule has 0 amide bonds. The zero-order valence-electron chi connectivity index (χ0n) is 11.8. The third-order valence-electron chi connectivity index (χ3n) is 2.92. The SMILES string of the molecule is C=CCC(O)(C=C=CCCCCCCC)CC=C. The van der Waals surface area contributed by atoms with Gasteiger partial charge in [0, 0.05) is 0 Å². The molecule has 0 aromatic heterocycles. The highest BCUT2D eigenvalue weighted by Crippen LogP contribution is 2.17. The second-order valence-electron chi connectivity index (χ2n) is 4.81. The lowest BCUT2D eigenvalue weighted by Gasteiger charge is -2.19. The third-order valence-corrected chi connectivity index (χ3v) is 2.92. The summed E-state index contributed by atoms with van der Waals surface area (Å²) in [5.41, 5.74) is 2.23. The van der Waals surface area contributed by atoms with Crippen LogP contribution in [-0.2, 0) is 0 Å². The Morgan fingerprint density at radius 1 is 1.06 bits per heavy atom. The highest BCUT2D eigenvalue weighted by molar-refractivity contribution is 5.06. The molecule has 1 nitrogen and oxygen atoms in total. The van der Waals surface area contributed by atoms with E-state index in [2.05, 4.69) is 25.8 Å². The van der Waals surface area contributed by atoms with Crippen molar-refractivity contribution in [3.63, 3.8) is 0 Å². The van der Waals surface area contributed by atoms with E-state index in [4.69, 9.17) is 0 Å². The van der Waals surface area contributed by atoms with Crippen LogP contribution < -0.4 is 0 Å². The fourth-order valence-corrected chi connectivity index (χ4v) is 1.85. The van der Waals surface area contributed by atoms with Crippen molar-refractivity contribution in [3.05, 3.63) is 43.2 Å². The first kappa shape index (κ1) is 17.0. The van der Waals surface area contributed by atoms with Crippen LogP contribution >= 0.6 is 0 Å². The van der Waals surface area contributed by atoms with Crippen LogP contribution in [0.2, 0.25) is 0 Å². The molecule has 0 saturated heterocycles. The molecule has 0 aliphatic carbocycles. The number of unbranched alkanes of at least 4 members (excludes halogenated alkanes) is 5. The molecule has 0 rings (SSSR count). The number of hydrogen-bond acceptors (Lipinski definition) is 1. The van der Waals surface area contributed by atoms with Gasteiger partial charge in [0.15, 0.2) is 0 Å². The lowest BCUT2D eigenvalue weighted by molar-refractivity contribution is 0.0979. The van der Waals surface area contributed by atoms with Crippen molar-refractivity contribution < 1.29 is 5.11 Å². The maximum absolute atomic E-state index is 10.2. The van der Waals surface area contributed by atoms with Gasteiger partial charge in [0.2, 0.25) is 0 Å². The van der Waals surface area contributed by atoms with E-state index in [1.165, 1.54) is 32.1 Å². The van der Waals surface area contributed by atoms with Gasteiger partial charge in [-0.2, -0.15) is 0 Å². The van der Waals surface area contributed by atoms with E-state index in [9.17, 15) is 5.11 Å². The van der Waals surface area contributed by atoms with Crippen LogP contribution in [0.4, 0.5) is 0 Å². The minimum atomic E-state index is -0.859. The van der Waals surface area contributed by atoms with Gasteiger partial charge in [-0.25, -0.2) is 0 Å². The Hall–Kier alpha value is -1.04. The summed E-state index contributed by atoms with van der Waals surface area (Å²) in [5, 5.41) is 10.2. The summed E-state index contributed by atoms with van der Waals surface area (Å²) in [4.78, 5) is 0. The van der Waals surface area contributed by atoms with E-state index in [1.807, 2.05) is 6.08 Å². The Bertz CT molecular complexity index is 272. The lowest BCUT2D eigenvalue weighted by Crippen LogP contribution is -2.23. The van der Waals surface area contributed by atoms with E-state index in [1.54, 1.807) is 18.2 Å². The van der Waals surface area contributed by atoms with E-state index in [0.717, 1.165) is 6.42 Å². The molecule has 1 heteroatoms. The normalized spacial score (nSPS) is 10.6. The van der Waals surface area contributed by atoms with Gasteiger partial charge in [-0.05, 0) is 37.8 Å². The molecule has 0 bridgehead atoms. The van der Waals surface area contributed by atoms with Crippen LogP contribution in [0.15, 0.2) is 43.2 Å². The van der Waals surface area contributed by atoms with E-state index < -0.39 is 5.60 Å². The monoisotopic (exact) mass is 248 g/mol. The van der Waals surface area contributed by atoms with Gasteiger partial charge in [-0.3, -0.25) is 0 Å². The van der Waals surface area contributed by atoms with Gasteiger partial charge >= 0.3 is 0 Å². The highest BCUT2D eigenvalue weighted by atomic mass is 16.3. The van der Waals surface area contributed by atoms with Crippen LogP contribution in [0.3, 0.4) is 0 Å². The molecule has 0 aromatic rings. The largest absolute Gasteiger partial charge is 0.384 e. The Morgan fingerprint density at radius 3 is 2.22 bits per heavy atom. The lowest BCUT2D eigenvalue weighted by atomic mass is 9.95. The molecule has 0 fully saturated rings. The summed E-state index contributed by atoms with van der Waals surface area (Å²) in [7, 11) is 0. The molecule has 0 radical (unpaired) electrons. The molecule has 0 spiro atoms. The Morgan fingerprint density at radius 2 is 1.67 bits per heavy atom. The molecule has 0 aliphatic rings. The van der Waals surface area contributed by atoms with Crippen molar-refractivity contribution in [2.24, 2.45) is 0 Å². The van der Waals surface area contributed by atoms with Crippen molar-refractivity contribution in [1.29, 1.82) is 0 Å². The average Bonchev–Trinajstić information content (AvgIpc) is 2.33. The fraction of sp³-hybridized carbons (Fsp3) is 0.588. The minimum absolute atomic E-state index is 0.538. The molecule has 0 atom stereocenters. The predicted molar refractivity (Wildman–Crippen MR) is 80.6 cm³/mol. The van der Waals surface area contributed by atoms with Crippen LogP contribution in [-0.4, -0.2) is 10.7 Å². The van der Waals surface area contributed by atoms with Gasteiger partial charge in [-0.1, -0.05) is 44.8 Å². The molecule has 0 saturated carbocycles. The van der Waals surface area contributed by atoms with Crippen LogP contribution in [0, 0.1) is 0 Å². The minimum Gasteiger partial charge on any atom is -0.384 e. The van der Waals surface area contributed by atoms with Crippen LogP contribution in [0.25, 0.3) is 0 Å². The van der Waals surface area contributed by atoms with Crippen molar-refractivity contribution in [1.82, 2.24) is 0 Å². The maximum Gasteiger partial charge on any atom is 0.0969 e. The van der Waals surface area contributed by atoms with Gasteiger partial charge < -0.3 is 5.11 Å². The first-order chi connectivity index (χ1) is 8.68. The first-order valence-corrected chi connectivity index (χ1v) is 7.05. The molecular weight excluding hydrogens is 220 g/mol. The molecule has 0 heterocycles. The Balaban J connectivity index is 4.00. The zero-order valence-corrected chi connectivity index (χ0v) is 11.8. The second-order valence-corrected chi connectivity index (χ2v) is 4.81. The second kappa shape index (κ2) is 11.1. The molecule has 0 aromatic carbocycles. The molecule has 102 valence electrons. The van der Waals surface area contributed by atoms with Gasteiger partial charge in [-0.15, -0.1) is 18.9 Å². The maximum atomic E-state index is 10.2. The summed E-state index contributed by atoms with van der Waals surface area (Å²) in [5.74, 6) is 0. The molecule has 0 unspecified atom stereocenters. The van der Waals surface area contributed by atoms with E-state index in [0.29, 0.717) is 12.8 Å². The van der Waals surface area contributed by atoms with Crippen molar-refractivity contribution in [2.75, 3.05) is 0 Å². The number of rotatable bonds is 11. The molecule has 18 heavy (non-hydrogen) atoms.